The number of nitrogens with one attached hydrogen (secondary N) is 1. The Balaban J connectivity index is 1.92. The van der Waals surface area contributed by atoms with E-state index in [0.29, 0.717) is 11.7 Å². The Morgan fingerprint density at radius 1 is 1.21 bits per heavy atom. The van der Waals surface area contributed by atoms with Gasteiger partial charge in [-0.05, 0) is 30.2 Å². The highest BCUT2D eigenvalue weighted by Crippen LogP contribution is 2.36. The highest BCUT2D eigenvalue weighted by atomic mass is 32.1. The summed E-state index contributed by atoms with van der Waals surface area (Å²) in [5.41, 5.74) is 2.95. The third-order valence-electron chi connectivity index (χ3n) is 4.69. The number of ether oxygens (including phenoxy) is 1. The maximum absolute atomic E-state index is 13.1. The lowest BCUT2D eigenvalue weighted by Gasteiger charge is -2.18. The summed E-state index contributed by atoms with van der Waals surface area (Å²) >= 11 is 1.54. The topological polar surface area (TPSA) is 46.9 Å². The van der Waals surface area contributed by atoms with Gasteiger partial charge in [0.2, 0.25) is 0 Å². The second-order valence-corrected chi connectivity index (χ2v) is 8.28. The van der Waals surface area contributed by atoms with Crippen molar-refractivity contribution < 1.29 is 14.4 Å². The molecule has 1 heterocycles. The first-order valence-electron chi connectivity index (χ1n) is 9.77. The molecule has 2 aromatic carbocycles. The van der Waals surface area contributed by atoms with E-state index in [0.717, 1.165) is 40.1 Å². The minimum atomic E-state index is -0.0571. The number of thiazole rings is 1. The molecule has 6 heteroatoms. The Kier molecular flexibility index (Phi) is 7.01. The summed E-state index contributed by atoms with van der Waals surface area (Å²) < 4.78 is 6.54. The normalized spacial score (nSPS) is 11.5. The van der Waals surface area contributed by atoms with Gasteiger partial charge in [-0.2, -0.15) is 0 Å². The Hall–Kier alpha value is -2.70. The van der Waals surface area contributed by atoms with Crippen molar-refractivity contribution in [1.82, 2.24) is 4.98 Å². The molecule has 1 aromatic heterocycles. The summed E-state index contributed by atoms with van der Waals surface area (Å²) in [5, 5.41) is 0.712. The van der Waals surface area contributed by atoms with E-state index in [4.69, 9.17) is 9.72 Å². The standard InChI is InChI=1S/C23H27N3O2S/c1-17-11-13-19(28-4)21-22(17)29-23(24-21)26(16-8-15-25(2)3)20(27)14-12-18-9-6-5-7-10-18/h5-7,9-14H,8,15-16H2,1-4H3/p+1/b14-12+. The van der Waals surface area contributed by atoms with Crippen LogP contribution < -0.4 is 14.5 Å². The van der Waals surface area contributed by atoms with Crippen molar-refractivity contribution in [2.24, 2.45) is 0 Å². The molecule has 0 aliphatic heterocycles. The lowest BCUT2D eigenvalue weighted by Crippen LogP contribution is -3.05. The average Bonchev–Trinajstić information content (AvgIpc) is 3.16. The van der Waals surface area contributed by atoms with Gasteiger partial charge in [0.15, 0.2) is 5.13 Å². The molecule has 29 heavy (non-hydrogen) atoms. The number of amides is 1. The first-order valence-corrected chi connectivity index (χ1v) is 10.6. The molecular formula is C23H28N3O2S+. The number of hydrogen-bond donors (Lipinski definition) is 1. The average molecular weight is 411 g/mol. The molecule has 0 bridgehead atoms. The van der Waals surface area contributed by atoms with Crippen molar-refractivity contribution in [3.05, 3.63) is 59.7 Å². The van der Waals surface area contributed by atoms with E-state index in [9.17, 15) is 4.79 Å². The third-order valence-corrected chi connectivity index (χ3v) is 5.90. The fourth-order valence-corrected chi connectivity index (χ4v) is 4.17. The predicted octanol–water partition coefficient (Wildman–Crippen LogP) is 3.19. The number of methoxy groups -OCH3 is 1. The number of aromatic nitrogens is 1. The van der Waals surface area contributed by atoms with E-state index in [1.807, 2.05) is 48.5 Å². The Bertz CT molecular complexity index is 996. The molecule has 1 amide bonds. The number of quaternary nitrogens is 1. The van der Waals surface area contributed by atoms with Crippen LogP contribution >= 0.6 is 11.3 Å². The SMILES string of the molecule is COc1ccc(C)c2sc(N(CCC[NH+](C)C)C(=O)/C=C/c3ccccc3)nc12. The number of rotatable bonds is 8. The Morgan fingerprint density at radius 3 is 2.66 bits per heavy atom. The van der Waals surface area contributed by atoms with Crippen molar-refractivity contribution in [2.75, 3.05) is 39.2 Å². The summed E-state index contributed by atoms with van der Waals surface area (Å²) in [4.78, 5) is 21.0. The maximum atomic E-state index is 13.1. The lowest BCUT2D eigenvalue weighted by molar-refractivity contribution is -0.858. The Labute approximate surface area is 176 Å². The number of nitrogens with zero attached hydrogens (tertiary/aromatic N) is 2. The van der Waals surface area contributed by atoms with Crippen LogP contribution in [-0.4, -0.2) is 45.2 Å². The molecule has 3 aromatic rings. The van der Waals surface area contributed by atoms with Crippen LogP contribution in [-0.2, 0) is 4.79 Å². The maximum Gasteiger partial charge on any atom is 0.252 e. The van der Waals surface area contributed by atoms with Crippen LogP contribution in [0.2, 0.25) is 0 Å². The Morgan fingerprint density at radius 2 is 1.97 bits per heavy atom. The molecule has 0 aliphatic rings. The number of carbonyl (C=O) groups is 1. The molecule has 0 atom stereocenters. The van der Waals surface area contributed by atoms with Gasteiger partial charge in [-0.1, -0.05) is 47.7 Å². The number of aryl methyl sites for hydroxylation is 1. The quantitative estimate of drug-likeness (QED) is 0.580. The molecule has 5 nitrogen and oxygen atoms in total. The third kappa shape index (κ3) is 5.22. The van der Waals surface area contributed by atoms with Crippen LogP contribution in [0.5, 0.6) is 5.75 Å². The van der Waals surface area contributed by atoms with Gasteiger partial charge in [0.05, 0.1) is 32.4 Å². The molecule has 3 rings (SSSR count). The molecule has 1 N–H and O–H groups in total. The molecule has 0 aliphatic carbocycles. The summed E-state index contributed by atoms with van der Waals surface area (Å²) in [6, 6.07) is 13.8. The molecule has 0 unspecified atom stereocenters. The first kappa shape index (κ1) is 21.0. The van der Waals surface area contributed by atoms with Crippen molar-refractivity contribution in [3.8, 4) is 5.75 Å². The minimum Gasteiger partial charge on any atom is -0.494 e. The van der Waals surface area contributed by atoms with Crippen LogP contribution in [0.25, 0.3) is 16.3 Å². The fraction of sp³-hybridized carbons (Fsp3) is 0.304. The van der Waals surface area contributed by atoms with Gasteiger partial charge in [-0.25, -0.2) is 4.98 Å². The van der Waals surface area contributed by atoms with E-state index in [1.54, 1.807) is 29.4 Å². The molecule has 152 valence electrons. The van der Waals surface area contributed by atoms with Gasteiger partial charge in [0.1, 0.15) is 11.3 Å². The molecule has 0 fully saturated rings. The molecule has 0 spiro atoms. The van der Waals surface area contributed by atoms with Gasteiger partial charge >= 0.3 is 0 Å². The van der Waals surface area contributed by atoms with Crippen LogP contribution in [0.3, 0.4) is 0 Å². The van der Waals surface area contributed by atoms with Gasteiger partial charge in [-0.3, -0.25) is 9.69 Å². The summed E-state index contributed by atoms with van der Waals surface area (Å²) in [7, 11) is 5.88. The number of benzene rings is 2. The highest BCUT2D eigenvalue weighted by Gasteiger charge is 2.20. The number of carbonyl (C=O) groups excluding carboxylic acids is 1. The molecular weight excluding hydrogens is 382 g/mol. The lowest BCUT2D eigenvalue weighted by atomic mass is 10.2. The van der Waals surface area contributed by atoms with E-state index in [1.165, 1.54) is 4.90 Å². The number of anilines is 1. The fourth-order valence-electron chi connectivity index (χ4n) is 3.09. The second-order valence-electron chi connectivity index (χ2n) is 7.30. The first-order chi connectivity index (χ1) is 14.0. The van der Waals surface area contributed by atoms with Crippen LogP contribution in [0.15, 0.2) is 48.5 Å². The van der Waals surface area contributed by atoms with Crippen molar-refractivity contribution in [2.45, 2.75) is 13.3 Å². The van der Waals surface area contributed by atoms with Crippen molar-refractivity contribution in [3.63, 3.8) is 0 Å². The second kappa shape index (κ2) is 9.67. The molecule has 0 saturated heterocycles. The van der Waals surface area contributed by atoms with Gasteiger partial charge in [0.25, 0.3) is 5.91 Å². The van der Waals surface area contributed by atoms with Crippen LogP contribution in [0.1, 0.15) is 17.5 Å². The highest BCUT2D eigenvalue weighted by molar-refractivity contribution is 7.22. The van der Waals surface area contributed by atoms with E-state index < -0.39 is 0 Å². The minimum absolute atomic E-state index is 0.0571. The smallest absolute Gasteiger partial charge is 0.252 e. The van der Waals surface area contributed by atoms with E-state index >= 15 is 0 Å². The summed E-state index contributed by atoms with van der Waals surface area (Å²) in [5.74, 6) is 0.677. The number of hydrogen-bond acceptors (Lipinski definition) is 4. The van der Waals surface area contributed by atoms with Gasteiger partial charge < -0.3 is 9.64 Å². The van der Waals surface area contributed by atoms with Crippen molar-refractivity contribution in [1.29, 1.82) is 0 Å². The zero-order valence-electron chi connectivity index (χ0n) is 17.4. The predicted molar refractivity (Wildman–Crippen MR) is 121 cm³/mol. The monoisotopic (exact) mass is 410 g/mol. The zero-order chi connectivity index (χ0) is 20.8. The number of fused-ring (bicyclic) bond motifs is 1. The van der Waals surface area contributed by atoms with E-state index in [2.05, 4.69) is 21.0 Å². The van der Waals surface area contributed by atoms with Crippen LogP contribution in [0, 0.1) is 6.92 Å². The van der Waals surface area contributed by atoms with Crippen molar-refractivity contribution >= 4 is 38.7 Å². The molecule has 0 radical (unpaired) electrons. The largest absolute Gasteiger partial charge is 0.494 e. The van der Waals surface area contributed by atoms with Gasteiger partial charge in [-0.15, -0.1) is 0 Å². The van der Waals surface area contributed by atoms with Gasteiger partial charge in [0, 0.05) is 19.0 Å². The zero-order valence-corrected chi connectivity index (χ0v) is 18.3. The summed E-state index contributed by atoms with van der Waals surface area (Å²) in [6.45, 7) is 3.67. The van der Waals surface area contributed by atoms with Crippen LogP contribution in [0.4, 0.5) is 5.13 Å². The summed E-state index contributed by atoms with van der Waals surface area (Å²) in [6.07, 6.45) is 4.39. The van der Waals surface area contributed by atoms with E-state index in [-0.39, 0.29) is 5.91 Å². The molecule has 0 saturated carbocycles.